The van der Waals surface area contributed by atoms with Gasteiger partial charge in [0.15, 0.2) is 0 Å². The normalized spacial score (nSPS) is 43.6. The minimum absolute atomic E-state index is 0.0207. The van der Waals surface area contributed by atoms with E-state index in [4.69, 9.17) is 18.9 Å². The van der Waals surface area contributed by atoms with Crippen molar-refractivity contribution >= 4 is 23.9 Å². The minimum Gasteiger partial charge on any atom is -0.459 e. The van der Waals surface area contributed by atoms with Gasteiger partial charge in [0.2, 0.25) is 0 Å². The molecule has 10 saturated carbocycles. The molecular weight excluding hydrogens is 709 g/mol. The van der Waals surface area contributed by atoms with Crippen molar-refractivity contribution in [1.82, 2.24) is 0 Å². The zero-order chi connectivity index (χ0) is 40.6. The summed E-state index contributed by atoms with van der Waals surface area (Å²) in [7, 11) is 0. The van der Waals surface area contributed by atoms with Gasteiger partial charge in [0.1, 0.15) is 23.4 Å². The predicted octanol–water partition coefficient (Wildman–Crippen LogP) is 9.15. The molecule has 0 aromatic heterocycles. The Bertz CT molecular complexity index is 1470. The first-order chi connectivity index (χ1) is 26.3. The second kappa shape index (κ2) is 15.1. The van der Waals surface area contributed by atoms with Gasteiger partial charge in [0.05, 0.1) is 28.3 Å². The van der Waals surface area contributed by atoms with Crippen molar-refractivity contribution in [3.05, 3.63) is 0 Å². The number of aliphatic hydroxyl groups is 1. The van der Waals surface area contributed by atoms with Crippen LogP contribution in [0.5, 0.6) is 0 Å². The van der Waals surface area contributed by atoms with Gasteiger partial charge in [-0.1, -0.05) is 34.6 Å². The summed E-state index contributed by atoms with van der Waals surface area (Å²) < 4.78 is 23.2. The largest absolute Gasteiger partial charge is 0.459 e. The lowest BCUT2D eigenvalue weighted by atomic mass is 9.49. The second-order valence-electron chi connectivity index (χ2n) is 21.8. The number of carbonyl (C=O) groups is 4. The van der Waals surface area contributed by atoms with Crippen LogP contribution in [0.4, 0.5) is 0 Å². The number of hydrogen-bond donors (Lipinski definition) is 1. The molecule has 11 fully saturated rings. The highest BCUT2D eigenvalue weighted by Gasteiger charge is 2.64. The molecule has 1 heterocycles. The fourth-order valence-electron chi connectivity index (χ4n) is 13.5. The average molecular weight is 783 g/mol. The molecule has 11 aliphatic rings. The van der Waals surface area contributed by atoms with Gasteiger partial charge in [0, 0.05) is 18.3 Å². The quantitative estimate of drug-likeness (QED) is 0.171. The molecule has 10 bridgehead atoms. The fourth-order valence-corrected chi connectivity index (χ4v) is 13.5. The van der Waals surface area contributed by atoms with Crippen LogP contribution < -0.4 is 0 Å². The van der Waals surface area contributed by atoms with Crippen molar-refractivity contribution in [3.8, 4) is 0 Å². The number of rotatable bonds is 10. The minimum atomic E-state index is -0.542. The summed E-state index contributed by atoms with van der Waals surface area (Å²) in [6.07, 6.45) is 17.3. The third-order valence-electron chi connectivity index (χ3n) is 17.2. The molecule has 1 saturated heterocycles. The molecule has 0 aromatic carbocycles. The van der Waals surface area contributed by atoms with Crippen molar-refractivity contribution in [3.63, 3.8) is 0 Å². The third-order valence-corrected chi connectivity index (χ3v) is 17.2. The molecule has 56 heavy (non-hydrogen) atoms. The number of hydrogen-bond acceptors (Lipinski definition) is 9. The molecule has 8 unspecified atom stereocenters. The molecule has 1 aliphatic heterocycles. The van der Waals surface area contributed by atoms with Gasteiger partial charge in [-0.05, 0) is 166 Å². The van der Waals surface area contributed by atoms with E-state index in [1.54, 1.807) is 0 Å². The highest BCUT2D eigenvalue weighted by atomic mass is 16.6. The summed E-state index contributed by atoms with van der Waals surface area (Å²) in [6, 6.07) is 0. The van der Waals surface area contributed by atoms with Gasteiger partial charge in [-0.2, -0.15) is 0 Å². The van der Waals surface area contributed by atoms with Crippen molar-refractivity contribution in [2.24, 2.45) is 70.0 Å². The van der Waals surface area contributed by atoms with E-state index in [1.165, 1.54) is 38.5 Å². The molecule has 8 atom stereocenters. The monoisotopic (exact) mass is 783 g/mol. The van der Waals surface area contributed by atoms with Crippen LogP contribution in [0, 0.1) is 70.0 Å². The number of esters is 4. The molecule has 9 heteroatoms. The van der Waals surface area contributed by atoms with Crippen molar-refractivity contribution in [2.45, 2.75) is 200 Å². The second-order valence-corrected chi connectivity index (χ2v) is 21.8. The van der Waals surface area contributed by atoms with Gasteiger partial charge >= 0.3 is 23.9 Å². The first-order valence-electron chi connectivity index (χ1n) is 22.9. The Kier molecular flexibility index (Phi) is 11.4. The summed E-state index contributed by atoms with van der Waals surface area (Å²) in [5.41, 5.74) is -1.79. The van der Waals surface area contributed by atoms with Crippen LogP contribution in [0.1, 0.15) is 171 Å². The van der Waals surface area contributed by atoms with Crippen molar-refractivity contribution in [2.75, 3.05) is 0 Å². The standard InChI is InChI=1S/C18H30O2.C15H24O3.C14H20O4/c1-5-17(3,4)16(19)20-18(6-2)14-8-12-7-13(10-14)11-15(18)9-12;1-3-10(2)13(16)18-15-7-11-4-12(8-15)6-14(17,5-11)9-15;1-4-14(2,3)13(16)18-10-7-5-8-9(6-7)12(15)17-11(8)10/h12-15H,5-11H2,1-4H3;10-12,17H,3-9H2,1-2H3;7-11H,4-6H2,1-3H3. The molecule has 0 amide bonds. The van der Waals surface area contributed by atoms with Gasteiger partial charge in [-0.3, -0.25) is 19.2 Å². The summed E-state index contributed by atoms with van der Waals surface area (Å²) in [4.78, 5) is 48.4. The SMILES string of the molecule is CCC(C)(C)C(=O)OC1(CC)C2CC3CC(C2)CC1C3.CCC(C)(C)C(=O)OC1C2CC3C(=O)OC1C3C2.CCC(C)C(=O)OC12CC3CC(CC(O)(C3)C1)C2. The van der Waals surface area contributed by atoms with E-state index in [2.05, 4.69) is 13.8 Å². The zero-order valence-corrected chi connectivity index (χ0v) is 36.2. The molecule has 316 valence electrons. The van der Waals surface area contributed by atoms with E-state index in [0.717, 1.165) is 76.0 Å². The Labute approximate surface area is 336 Å². The van der Waals surface area contributed by atoms with Crippen LogP contribution in [0.25, 0.3) is 0 Å². The lowest BCUT2D eigenvalue weighted by molar-refractivity contribution is -0.222. The predicted molar refractivity (Wildman–Crippen MR) is 212 cm³/mol. The van der Waals surface area contributed by atoms with Crippen LogP contribution >= 0.6 is 0 Å². The molecule has 10 aliphatic carbocycles. The van der Waals surface area contributed by atoms with Crippen LogP contribution in [0.3, 0.4) is 0 Å². The summed E-state index contributed by atoms with van der Waals surface area (Å²) in [5.74, 6) is 4.67. The van der Waals surface area contributed by atoms with E-state index < -0.39 is 11.0 Å². The molecule has 0 aromatic rings. The maximum absolute atomic E-state index is 12.6. The number of ether oxygens (including phenoxy) is 4. The molecular formula is C47H74O9. The summed E-state index contributed by atoms with van der Waals surface area (Å²) in [6.45, 7) is 18.1. The van der Waals surface area contributed by atoms with Gasteiger partial charge in [-0.25, -0.2) is 0 Å². The lowest BCUT2D eigenvalue weighted by Gasteiger charge is -2.60. The van der Waals surface area contributed by atoms with Crippen molar-refractivity contribution in [1.29, 1.82) is 0 Å². The van der Waals surface area contributed by atoms with E-state index in [0.29, 0.717) is 41.9 Å². The van der Waals surface area contributed by atoms with Crippen LogP contribution in [0.2, 0.25) is 0 Å². The highest BCUT2D eigenvalue weighted by Crippen LogP contribution is 2.62. The van der Waals surface area contributed by atoms with Crippen molar-refractivity contribution < 1.29 is 43.2 Å². The maximum atomic E-state index is 12.6. The zero-order valence-electron chi connectivity index (χ0n) is 36.2. The third kappa shape index (κ3) is 7.59. The summed E-state index contributed by atoms with van der Waals surface area (Å²) in [5, 5.41) is 10.6. The Morgan fingerprint density at radius 1 is 0.768 bits per heavy atom. The molecule has 11 rings (SSSR count). The molecule has 0 spiro atoms. The van der Waals surface area contributed by atoms with E-state index in [9.17, 15) is 24.3 Å². The van der Waals surface area contributed by atoms with Gasteiger partial charge in [-0.15, -0.1) is 0 Å². The Balaban J connectivity index is 0.000000129. The van der Waals surface area contributed by atoms with E-state index in [-0.39, 0.29) is 64.5 Å². The van der Waals surface area contributed by atoms with Crippen LogP contribution in [-0.2, 0) is 38.1 Å². The smallest absolute Gasteiger partial charge is 0.312 e. The van der Waals surface area contributed by atoms with Gasteiger partial charge < -0.3 is 24.1 Å². The lowest BCUT2D eigenvalue weighted by Crippen LogP contribution is -2.60. The fraction of sp³-hybridized carbons (Fsp3) is 0.915. The topological polar surface area (TPSA) is 125 Å². The first kappa shape index (κ1) is 42.0. The highest BCUT2D eigenvalue weighted by molar-refractivity contribution is 5.78. The maximum Gasteiger partial charge on any atom is 0.312 e. The Morgan fingerprint density at radius 2 is 1.32 bits per heavy atom. The number of fused-ring (bicyclic) bond motifs is 1. The van der Waals surface area contributed by atoms with E-state index >= 15 is 0 Å². The van der Waals surface area contributed by atoms with E-state index in [1.807, 2.05) is 48.5 Å². The molecule has 9 nitrogen and oxygen atoms in total. The van der Waals surface area contributed by atoms with Gasteiger partial charge in [0.25, 0.3) is 0 Å². The Morgan fingerprint density at radius 3 is 1.84 bits per heavy atom. The Hall–Kier alpha value is -2.16. The average Bonchev–Trinajstić information content (AvgIpc) is 3.77. The van der Waals surface area contributed by atoms with Crippen LogP contribution in [0.15, 0.2) is 0 Å². The molecule has 0 radical (unpaired) electrons. The number of carbonyl (C=O) groups excluding carboxylic acids is 4. The first-order valence-corrected chi connectivity index (χ1v) is 22.9. The summed E-state index contributed by atoms with van der Waals surface area (Å²) >= 11 is 0. The van der Waals surface area contributed by atoms with Crippen LogP contribution in [-0.4, -0.2) is 58.0 Å². The molecule has 1 N–H and O–H groups in total.